The minimum atomic E-state index is -0.322. The molecule has 0 atom stereocenters. The van der Waals surface area contributed by atoms with E-state index in [1.165, 1.54) is 10.9 Å². The minimum Gasteiger partial charge on any atom is -0.391 e. The van der Waals surface area contributed by atoms with Crippen molar-refractivity contribution >= 4 is 17.0 Å². The van der Waals surface area contributed by atoms with Crippen LogP contribution in [0.4, 0.5) is 10.1 Å². The molecule has 0 aliphatic heterocycles. The van der Waals surface area contributed by atoms with Gasteiger partial charge in [0, 0.05) is 22.2 Å². The Kier molecular flexibility index (Phi) is 3.53. The van der Waals surface area contributed by atoms with Gasteiger partial charge in [-0.1, -0.05) is 12.1 Å². The molecule has 1 aromatic carbocycles. The SMILES string of the molecule is OCc1c(F)cccc1N(Cc1cccs1)C1CC1. The summed E-state index contributed by atoms with van der Waals surface area (Å²) in [5.41, 5.74) is 1.24. The second kappa shape index (κ2) is 5.31. The number of aliphatic hydroxyl groups excluding tert-OH is 1. The summed E-state index contributed by atoms with van der Waals surface area (Å²) in [5, 5.41) is 11.5. The van der Waals surface area contributed by atoms with E-state index in [2.05, 4.69) is 16.3 Å². The Hall–Kier alpha value is -1.39. The highest BCUT2D eigenvalue weighted by atomic mass is 32.1. The van der Waals surface area contributed by atoms with E-state index in [4.69, 9.17) is 0 Å². The Morgan fingerprint density at radius 2 is 2.11 bits per heavy atom. The van der Waals surface area contributed by atoms with E-state index in [9.17, 15) is 9.50 Å². The molecule has 0 amide bonds. The number of thiophene rings is 1. The summed E-state index contributed by atoms with van der Waals surface area (Å²) in [4.78, 5) is 3.49. The second-order valence-electron chi connectivity index (χ2n) is 4.83. The Balaban J connectivity index is 1.94. The van der Waals surface area contributed by atoms with Crippen LogP contribution in [0, 0.1) is 5.82 Å². The van der Waals surface area contributed by atoms with Crippen molar-refractivity contribution in [3.63, 3.8) is 0 Å². The zero-order valence-electron chi connectivity index (χ0n) is 10.6. The molecule has 1 aliphatic carbocycles. The van der Waals surface area contributed by atoms with E-state index < -0.39 is 0 Å². The van der Waals surface area contributed by atoms with Crippen molar-refractivity contribution in [1.82, 2.24) is 0 Å². The van der Waals surface area contributed by atoms with Gasteiger partial charge in [-0.2, -0.15) is 0 Å². The van der Waals surface area contributed by atoms with E-state index in [0.717, 1.165) is 25.1 Å². The number of benzene rings is 1. The van der Waals surface area contributed by atoms with Crippen LogP contribution in [-0.4, -0.2) is 11.1 Å². The lowest BCUT2D eigenvalue weighted by Crippen LogP contribution is -2.26. The topological polar surface area (TPSA) is 23.5 Å². The van der Waals surface area contributed by atoms with Crippen LogP contribution in [0.5, 0.6) is 0 Å². The number of halogens is 1. The van der Waals surface area contributed by atoms with Crippen LogP contribution in [0.15, 0.2) is 35.7 Å². The number of hydrogen-bond acceptors (Lipinski definition) is 3. The normalized spacial score (nSPS) is 14.6. The van der Waals surface area contributed by atoms with Crippen LogP contribution in [0.1, 0.15) is 23.3 Å². The minimum absolute atomic E-state index is 0.254. The fourth-order valence-corrected chi connectivity index (χ4v) is 3.04. The number of anilines is 1. The molecule has 0 bridgehead atoms. The average Bonchev–Trinajstić information content (AvgIpc) is 3.13. The monoisotopic (exact) mass is 277 g/mol. The molecule has 19 heavy (non-hydrogen) atoms. The van der Waals surface area contributed by atoms with Crippen molar-refractivity contribution in [3.8, 4) is 0 Å². The maximum absolute atomic E-state index is 13.8. The lowest BCUT2D eigenvalue weighted by molar-refractivity contribution is 0.276. The predicted molar refractivity (Wildman–Crippen MR) is 75.8 cm³/mol. The standard InChI is InChI=1S/C15H16FNOS/c16-14-4-1-5-15(13(14)10-18)17(11-6-7-11)9-12-3-2-8-19-12/h1-5,8,11,18H,6-7,9-10H2. The predicted octanol–water partition coefficient (Wildman–Crippen LogP) is 3.55. The molecular formula is C15H16FNOS. The van der Waals surface area contributed by atoms with E-state index >= 15 is 0 Å². The quantitative estimate of drug-likeness (QED) is 0.903. The Labute approximate surface area is 116 Å². The smallest absolute Gasteiger partial charge is 0.130 e. The molecule has 1 heterocycles. The van der Waals surface area contributed by atoms with Gasteiger partial charge in [-0.05, 0) is 36.4 Å². The summed E-state index contributed by atoms with van der Waals surface area (Å²) in [6.07, 6.45) is 2.29. The molecule has 1 N–H and O–H groups in total. The molecule has 1 aliphatic rings. The maximum atomic E-state index is 13.8. The van der Waals surface area contributed by atoms with Gasteiger partial charge in [-0.15, -0.1) is 11.3 Å². The van der Waals surface area contributed by atoms with Crippen LogP contribution in [-0.2, 0) is 13.2 Å². The van der Waals surface area contributed by atoms with Crippen LogP contribution >= 0.6 is 11.3 Å². The Morgan fingerprint density at radius 3 is 2.74 bits per heavy atom. The van der Waals surface area contributed by atoms with Gasteiger partial charge in [0.05, 0.1) is 13.2 Å². The van der Waals surface area contributed by atoms with Gasteiger partial charge < -0.3 is 10.0 Å². The zero-order valence-corrected chi connectivity index (χ0v) is 11.4. The van der Waals surface area contributed by atoms with Crippen molar-refractivity contribution in [3.05, 3.63) is 52.0 Å². The Bertz CT molecular complexity index is 551. The zero-order chi connectivity index (χ0) is 13.2. The average molecular weight is 277 g/mol. The molecule has 4 heteroatoms. The van der Waals surface area contributed by atoms with Crippen molar-refractivity contribution in [1.29, 1.82) is 0 Å². The van der Waals surface area contributed by atoms with Gasteiger partial charge >= 0.3 is 0 Å². The fraction of sp³-hybridized carbons (Fsp3) is 0.333. The maximum Gasteiger partial charge on any atom is 0.130 e. The first-order chi connectivity index (χ1) is 9.29. The highest BCUT2D eigenvalue weighted by Gasteiger charge is 2.31. The highest BCUT2D eigenvalue weighted by molar-refractivity contribution is 7.09. The van der Waals surface area contributed by atoms with E-state index in [1.54, 1.807) is 17.4 Å². The van der Waals surface area contributed by atoms with E-state index in [1.807, 2.05) is 12.1 Å². The van der Waals surface area contributed by atoms with Crippen LogP contribution in [0.3, 0.4) is 0 Å². The third-order valence-electron chi connectivity index (χ3n) is 3.46. The number of rotatable bonds is 5. The van der Waals surface area contributed by atoms with Gasteiger partial charge in [0.2, 0.25) is 0 Å². The highest BCUT2D eigenvalue weighted by Crippen LogP contribution is 2.36. The van der Waals surface area contributed by atoms with Crippen LogP contribution in [0.2, 0.25) is 0 Å². The molecule has 1 aromatic heterocycles. The number of nitrogens with zero attached hydrogens (tertiary/aromatic N) is 1. The van der Waals surface area contributed by atoms with Crippen molar-refractivity contribution in [2.75, 3.05) is 4.90 Å². The summed E-state index contributed by atoms with van der Waals surface area (Å²) in [5.74, 6) is -0.322. The van der Waals surface area contributed by atoms with Crippen LogP contribution < -0.4 is 4.90 Å². The molecule has 1 saturated carbocycles. The molecule has 0 unspecified atom stereocenters. The second-order valence-corrected chi connectivity index (χ2v) is 5.87. The third kappa shape index (κ3) is 2.65. The van der Waals surface area contributed by atoms with Gasteiger partial charge in [-0.25, -0.2) is 4.39 Å². The van der Waals surface area contributed by atoms with Gasteiger partial charge in [0.15, 0.2) is 0 Å². The van der Waals surface area contributed by atoms with E-state index in [0.29, 0.717) is 11.6 Å². The molecular weight excluding hydrogens is 261 g/mol. The first-order valence-corrected chi connectivity index (χ1v) is 7.35. The molecule has 2 aromatic rings. The van der Waals surface area contributed by atoms with Crippen LogP contribution in [0.25, 0.3) is 0 Å². The largest absolute Gasteiger partial charge is 0.391 e. The van der Waals surface area contributed by atoms with Crippen molar-refractivity contribution in [2.24, 2.45) is 0 Å². The summed E-state index contributed by atoms with van der Waals surface area (Å²) in [6, 6.07) is 9.63. The molecule has 100 valence electrons. The Morgan fingerprint density at radius 1 is 1.26 bits per heavy atom. The first kappa shape index (κ1) is 12.6. The third-order valence-corrected chi connectivity index (χ3v) is 4.32. The molecule has 0 saturated heterocycles. The van der Waals surface area contributed by atoms with Gasteiger partial charge in [0.1, 0.15) is 5.82 Å². The first-order valence-electron chi connectivity index (χ1n) is 6.47. The number of hydrogen-bond donors (Lipinski definition) is 1. The molecule has 1 fully saturated rings. The summed E-state index contributed by atoms with van der Waals surface area (Å²) in [6.45, 7) is 0.536. The molecule has 3 rings (SSSR count). The summed E-state index contributed by atoms with van der Waals surface area (Å²) < 4.78 is 13.8. The lowest BCUT2D eigenvalue weighted by Gasteiger charge is -2.26. The van der Waals surface area contributed by atoms with Crippen molar-refractivity contribution < 1.29 is 9.50 Å². The fourth-order valence-electron chi connectivity index (χ4n) is 2.34. The summed E-state index contributed by atoms with van der Waals surface area (Å²) in [7, 11) is 0. The van der Waals surface area contributed by atoms with Gasteiger partial charge in [-0.3, -0.25) is 0 Å². The van der Waals surface area contributed by atoms with Crippen molar-refractivity contribution in [2.45, 2.75) is 32.0 Å². The summed E-state index contributed by atoms with van der Waals surface area (Å²) >= 11 is 1.71. The lowest BCUT2D eigenvalue weighted by atomic mass is 10.1. The van der Waals surface area contributed by atoms with E-state index in [-0.39, 0.29) is 12.4 Å². The number of aliphatic hydroxyl groups is 1. The molecule has 2 nitrogen and oxygen atoms in total. The van der Waals surface area contributed by atoms with Gasteiger partial charge in [0.25, 0.3) is 0 Å². The molecule has 0 radical (unpaired) electrons. The molecule has 0 spiro atoms.